The fourth-order valence-corrected chi connectivity index (χ4v) is 4.97. The molecular weight excluding hydrogens is 396 g/mol. The topological polar surface area (TPSA) is 113 Å². The van der Waals surface area contributed by atoms with Crippen LogP contribution in [0.1, 0.15) is 38.4 Å². The SMILES string of the molecule is CC#CCOC1CCN(S(=O)(=O)C[C@@H](CCCc2ncccn2)N(O)C=O)CC1. The lowest BCUT2D eigenvalue weighted by molar-refractivity contribution is -0.158. The van der Waals surface area contributed by atoms with Crippen molar-refractivity contribution in [1.82, 2.24) is 19.3 Å². The molecular formula is C19H28N4O5S. The minimum Gasteiger partial charge on any atom is -0.365 e. The van der Waals surface area contributed by atoms with Gasteiger partial charge in [0.2, 0.25) is 16.4 Å². The monoisotopic (exact) mass is 424 g/mol. The summed E-state index contributed by atoms with van der Waals surface area (Å²) in [7, 11) is -3.62. The third-order valence-electron chi connectivity index (χ3n) is 4.80. The van der Waals surface area contributed by atoms with Crippen molar-refractivity contribution < 1.29 is 23.2 Å². The predicted molar refractivity (Wildman–Crippen MR) is 106 cm³/mol. The summed E-state index contributed by atoms with van der Waals surface area (Å²) in [5.41, 5.74) is 0. The zero-order chi connectivity index (χ0) is 21.1. The molecule has 1 aliphatic heterocycles. The first-order chi connectivity index (χ1) is 14.0. The van der Waals surface area contributed by atoms with E-state index in [1.54, 1.807) is 25.4 Å². The van der Waals surface area contributed by atoms with Crippen LogP contribution in [0.3, 0.4) is 0 Å². The van der Waals surface area contributed by atoms with Crippen LogP contribution in [0.4, 0.5) is 0 Å². The molecule has 9 nitrogen and oxygen atoms in total. The minimum absolute atomic E-state index is 0.00622. The van der Waals surface area contributed by atoms with Gasteiger partial charge in [-0.1, -0.05) is 5.92 Å². The molecule has 1 aromatic heterocycles. The van der Waals surface area contributed by atoms with E-state index in [0.29, 0.717) is 62.7 Å². The Morgan fingerprint density at radius 2 is 2.07 bits per heavy atom. The summed E-state index contributed by atoms with van der Waals surface area (Å²) in [6.45, 7) is 2.79. The van der Waals surface area contributed by atoms with Gasteiger partial charge in [-0.3, -0.25) is 10.0 Å². The molecule has 0 aromatic carbocycles. The van der Waals surface area contributed by atoms with Crippen LogP contribution < -0.4 is 0 Å². The number of piperidine rings is 1. The molecule has 0 radical (unpaired) electrons. The third kappa shape index (κ3) is 7.70. The molecule has 0 saturated carbocycles. The Labute approximate surface area is 172 Å². The van der Waals surface area contributed by atoms with Crippen molar-refractivity contribution in [3.8, 4) is 11.8 Å². The van der Waals surface area contributed by atoms with E-state index in [-0.39, 0.29) is 18.3 Å². The van der Waals surface area contributed by atoms with Gasteiger partial charge in [0.05, 0.1) is 17.9 Å². The Bertz CT molecular complexity index is 786. The highest BCUT2D eigenvalue weighted by Gasteiger charge is 2.32. The maximum Gasteiger partial charge on any atom is 0.233 e. The Kier molecular flexibility index (Phi) is 9.47. The van der Waals surface area contributed by atoms with Gasteiger partial charge < -0.3 is 4.74 Å². The summed E-state index contributed by atoms with van der Waals surface area (Å²) in [6.07, 6.45) is 6.10. The molecule has 1 aromatic rings. The number of hydrogen-bond donors (Lipinski definition) is 1. The van der Waals surface area contributed by atoms with Crippen molar-refractivity contribution in [3.05, 3.63) is 24.3 Å². The van der Waals surface area contributed by atoms with Gasteiger partial charge in [-0.2, -0.15) is 0 Å². The Balaban J connectivity index is 1.88. The van der Waals surface area contributed by atoms with E-state index in [4.69, 9.17) is 4.74 Å². The lowest BCUT2D eigenvalue weighted by Crippen LogP contribution is -2.46. The van der Waals surface area contributed by atoms with Crippen LogP contribution in [0.15, 0.2) is 18.5 Å². The highest BCUT2D eigenvalue weighted by atomic mass is 32.2. The van der Waals surface area contributed by atoms with E-state index in [1.165, 1.54) is 4.31 Å². The first-order valence-electron chi connectivity index (χ1n) is 9.63. The smallest absolute Gasteiger partial charge is 0.233 e. The molecule has 0 unspecified atom stereocenters. The number of hydroxylamine groups is 2. The molecule has 1 fully saturated rings. The van der Waals surface area contributed by atoms with Gasteiger partial charge in [-0.15, -0.1) is 5.92 Å². The molecule has 1 aliphatic rings. The normalized spacial score (nSPS) is 16.6. The van der Waals surface area contributed by atoms with Crippen molar-refractivity contribution in [3.63, 3.8) is 0 Å². The van der Waals surface area contributed by atoms with E-state index in [9.17, 15) is 18.4 Å². The minimum atomic E-state index is -3.62. The summed E-state index contributed by atoms with van der Waals surface area (Å²) in [6, 6.07) is 0.890. The van der Waals surface area contributed by atoms with Crippen LogP contribution >= 0.6 is 0 Å². The molecule has 1 atom stereocenters. The molecule has 2 rings (SSSR count). The standard InChI is InChI=1S/C19H28N4O5S/c1-2-3-14-28-18-8-12-22(13-9-18)29(26,27)15-17(23(25)16-24)6-4-7-19-20-10-5-11-21-19/h5,10-11,16-18,25H,4,6-9,12-15H2,1H3/t17-/m1/s1. The summed E-state index contributed by atoms with van der Waals surface area (Å²) < 4.78 is 32.6. The highest BCUT2D eigenvalue weighted by molar-refractivity contribution is 7.89. The average molecular weight is 425 g/mol. The fourth-order valence-electron chi connectivity index (χ4n) is 3.19. The van der Waals surface area contributed by atoms with Crippen molar-refractivity contribution in [1.29, 1.82) is 0 Å². The number of hydrogen-bond acceptors (Lipinski definition) is 7. The summed E-state index contributed by atoms with van der Waals surface area (Å²) in [4.78, 5) is 19.3. The van der Waals surface area contributed by atoms with Crippen molar-refractivity contribution in [2.24, 2.45) is 0 Å². The van der Waals surface area contributed by atoms with Gasteiger partial charge in [0.15, 0.2) is 0 Å². The van der Waals surface area contributed by atoms with E-state index in [2.05, 4.69) is 21.8 Å². The first kappa shape index (κ1) is 23.2. The van der Waals surface area contributed by atoms with Gasteiger partial charge in [-0.25, -0.2) is 27.8 Å². The number of carbonyl (C=O) groups excluding carboxylic acids is 1. The van der Waals surface area contributed by atoms with E-state index in [1.807, 2.05) is 0 Å². The second kappa shape index (κ2) is 11.8. The molecule has 0 aliphatic carbocycles. The summed E-state index contributed by atoms with van der Waals surface area (Å²) >= 11 is 0. The second-order valence-corrected chi connectivity index (χ2v) is 8.82. The fraction of sp³-hybridized carbons (Fsp3) is 0.632. The number of aromatic nitrogens is 2. The van der Waals surface area contributed by atoms with Crippen LogP contribution in [0.25, 0.3) is 0 Å². The summed E-state index contributed by atoms with van der Waals surface area (Å²) in [5, 5.41) is 10.3. The van der Waals surface area contributed by atoms with E-state index < -0.39 is 16.1 Å². The Hall–Kier alpha value is -2.06. The molecule has 160 valence electrons. The third-order valence-corrected chi connectivity index (χ3v) is 6.76. The molecule has 0 spiro atoms. The molecule has 10 heteroatoms. The van der Waals surface area contributed by atoms with Crippen molar-refractivity contribution in [2.45, 2.75) is 51.2 Å². The zero-order valence-electron chi connectivity index (χ0n) is 16.6. The molecule has 29 heavy (non-hydrogen) atoms. The van der Waals surface area contributed by atoms with Gasteiger partial charge in [-0.05, 0) is 38.7 Å². The highest BCUT2D eigenvalue weighted by Crippen LogP contribution is 2.19. The van der Waals surface area contributed by atoms with Crippen LogP contribution in [-0.2, 0) is 26.0 Å². The quantitative estimate of drug-likeness (QED) is 0.242. The zero-order valence-corrected chi connectivity index (χ0v) is 17.4. The number of nitrogens with zero attached hydrogens (tertiary/aromatic N) is 4. The van der Waals surface area contributed by atoms with Crippen molar-refractivity contribution >= 4 is 16.4 Å². The maximum absolute atomic E-state index is 12.8. The Morgan fingerprint density at radius 1 is 1.38 bits per heavy atom. The van der Waals surface area contributed by atoms with E-state index in [0.717, 1.165) is 0 Å². The number of amides is 1. The number of rotatable bonds is 11. The van der Waals surface area contributed by atoms with Gasteiger partial charge >= 0.3 is 0 Å². The Morgan fingerprint density at radius 3 is 2.69 bits per heavy atom. The predicted octanol–water partition coefficient (Wildman–Crippen LogP) is 0.850. The second-order valence-electron chi connectivity index (χ2n) is 6.81. The largest absolute Gasteiger partial charge is 0.365 e. The first-order valence-corrected chi connectivity index (χ1v) is 11.2. The molecule has 1 saturated heterocycles. The molecule has 0 bridgehead atoms. The maximum atomic E-state index is 12.8. The number of carbonyl (C=O) groups is 1. The molecule has 2 heterocycles. The molecule has 1 N–H and O–H groups in total. The van der Waals surface area contributed by atoms with Crippen LogP contribution in [-0.4, -0.2) is 77.0 Å². The van der Waals surface area contributed by atoms with Gasteiger partial charge in [0.1, 0.15) is 12.4 Å². The van der Waals surface area contributed by atoms with Crippen LogP contribution in [0, 0.1) is 11.8 Å². The lowest BCUT2D eigenvalue weighted by atomic mass is 10.1. The van der Waals surface area contributed by atoms with Crippen molar-refractivity contribution in [2.75, 3.05) is 25.4 Å². The number of ether oxygens (including phenoxy) is 1. The number of sulfonamides is 1. The summed E-state index contributed by atoms with van der Waals surface area (Å²) in [5.74, 6) is 5.90. The van der Waals surface area contributed by atoms with Gasteiger partial charge in [0.25, 0.3) is 0 Å². The number of aryl methyl sites for hydroxylation is 1. The molecule has 1 amide bonds. The average Bonchev–Trinajstić information content (AvgIpc) is 2.73. The van der Waals surface area contributed by atoms with E-state index >= 15 is 0 Å². The van der Waals surface area contributed by atoms with Crippen LogP contribution in [0.5, 0.6) is 0 Å². The lowest BCUT2D eigenvalue weighted by Gasteiger charge is -2.32. The van der Waals surface area contributed by atoms with Gasteiger partial charge in [0, 0.05) is 31.9 Å². The van der Waals surface area contributed by atoms with Crippen LogP contribution in [0.2, 0.25) is 0 Å².